The standard InChI is InChI=1S/C23H18N2P/c1-14-18-8-6-5-7-15(18)12-19-21(14)23-22-16(9-10-25(23)3)11-17(24-2)13-20(22)26(19)4/h5-13H,1,3-4H3/q+1. The molecular weight excluding hydrogens is 335 g/mol. The van der Waals surface area contributed by atoms with Gasteiger partial charge < -0.3 is 0 Å². The third-order valence-electron chi connectivity index (χ3n) is 5.58. The van der Waals surface area contributed by atoms with Crippen LogP contribution < -0.4 is 15.2 Å². The largest absolute Gasteiger partial charge is 0.238 e. The Morgan fingerprint density at radius 2 is 1.81 bits per heavy atom. The van der Waals surface area contributed by atoms with Gasteiger partial charge in [-0.25, -0.2) is 9.41 Å². The summed E-state index contributed by atoms with van der Waals surface area (Å²) < 4.78 is 2.24. The van der Waals surface area contributed by atoms with E-state index in [-0.39, 0.29) is 0 Å². The lowest BCUT2D eigenvalue weighted by Gasteiger charge is -2.27. The summed E-state index contributed by atoms with van der Waals surface area (Å²) >= 11 is 0. The van der Waals surface area contributed by atoms with Crippen LogP contribution in [0, 0.1) is 13.5 Å². The number of hydrogen-bond donors (Lipinski definition) is 0. The third-order valence-corrected chi connectivity index (χ3v) is 7.73. The first kappa shape index (κ1) is 15.5. The molecular formula is C23H18N2P+. The van der Waals surface area contributed by atoms with Crippen LogP contribution in [0.1, 0.15) is 5.56 Å². The summed E-state index contributed by atoms with van der Waals surface area (Å²) in [7, 11) is 1.63. The molecule has 0 fully saturated rings. The molecule has 3 aromatic carbocycles. The number of nitrogens with zero attached hydrogens (tertiary/aromatic N) is 2. The summed E-state index contributed by atoms with van der Waals surface area (Å²) in [4.78, 5) is 3.72. The van der Waals surface area contributed by atoms with Crippen molar-refractivity contribution in [1.82, 2.24) is 0 Å². The van der Waals surface area contributed by atoms with Crippen LogP contribution in [0.4, 0.5) is 5.69 Å². The molecule has 2 nitrogen and oxygen atoms in total. The zero-order valence-corrected chi connectivity index (χ0v) is 15.9. The summed E-state index contributed by atoms with van der Waals surface area (Å²) in [6, 6.07) is 17.3. The first-order valence-corrected chi connectivity index (χ1v) is 10.5. The van der Waals surface area contributed by atoms with Crippen molar-refractivity contribution in [2.45, 2.75) is 6.92 Å². The van der Waals surface area contributed by atoms with Crippen LogP contribution in [0.15, 0.2) is 54.7 Å². The van der Waals surface area contributed by atoms with Crippen molar-refractivity contribution >= 4 is 45.8 Å². The molecule has 1 unspecified atom stereocenters. The monoisotopic (exact) mass is 353 g/mol. The Morgan fingerprint density at radius 3 is 2.62 bits per heavy atom. The maximum Gasteiger partial charge on any atom is 0.221 e. The third kappa shape index (κ3) is 1.93. The zero-order valence-electron chi connectivity index (χ0n) is 15.0. The van der Waals surface area contributed by atoms with Gasteiger partial charge in [-0.3, -0.25) is 0 Å². The molecule has 1 aromatic heterocycles. The fourth-order valence-corrected chi connectivity index (χ4v) is 6.40. The lowest BCUT2D eigenvalue weighted by molar-refractivity contribution is -0.659. The van der Waals surface area contributed by atoms with E-state index < -0.39 is 7.92 Å². The van der Waals surface area contributed by atoms with Crippen LogP contribution in [0.3, 0.4) is 0 Å². The Morgan fingerprint density at radius 1 is 1.00 bits per heavy atom. The molecule has 0 N–H and O–H groups in total. The molecule has 0 amide bonds. The fraction of sp³-hybridized carbons (Fsp3) is 0.130. The number of aryl methyl sites for hydroxylation is 2. The number of benzene rings is 3. The van der Waals surface area contributed by atoms with Crippen molar-refractivity contribution < 1.29 is 4.57 Å². The van der Waals surface area contributed by atoms with E-state index in [1.165, 1.54) is 49.0 Å². The summed E-state index contributed by atoms with van der Waals surface area (Å²) in [5.74, 6) is 0. The van der Waals surface area contributed by atoms with Gasteiger partial charge in [0.1, 0.15) is 7.05 Å². The Bertz CT molecular complexity index is 1280. The van der Waals surface area contributed by atoms with Gasteiger partial charge in [-0.15, -0.1) is 0 Å². The Hall–Kier alpha value is -2.75. The van der Waals surface area contributed by atoms with Gasteiger partial charge in [-0.05, 0) is 72.0 Å². The smallest absolute Gasteiger partial charge is 0.221 e. The van der Waals surface area contributed by atoms with Crippen LogP contribution in [-0.2, 0) is 7.05 Å². The van der Waals surface area contributed by atoms with Crippen LogP contribution in [0.2, 0.25) is 0 Å². The van der Waals surface area contributed by atoms with Crippen molar-refractivity contribution in [3.63, 3.8) is 0 Å². The van der Waals surface area contributed by atoms with Crippen molar-refractivity contribution in [2.24, 2.45) is 7.05 Å². The van der Waals surface area contributed by atoms with Crippen LogP contribution in [0.5, 0.6) is 0 Å². The van der Waals surface area contributed by atoms with Crippen molar-refractivity contribution in [1.29, 1.82) is 0 Å². The quantitative estimate of drug-likeness (QED) is 0.246. The van der Waals surface area contributed by atoms with E-state index in [0.717, 1.165) is 5.69 Å². The number of hydrogen-bond acceptors (Lipinski definition) is 0. The topological polar surface area (TPSA) is 8.24 Å². The summed E-state index contributed by atoms with van der Waals surface area (Å²) in [5.41, 5.74) is 4.76. The minimum atomic E-state index is -0.493. The molecule has 1 aliphatic heterocycles. The van der Waals surface area contributed by atoms with E-state index in [4.69, 9.17) is 6.57 Å². The average Bonchev–Trinajstić information content (AvgIpc) is 2.67. The van der Waals surface area contributed by atoms with Gasteiger partial charge in [0.05, 0.1) is 17.5 Å². The van der Waals surface area contributed by atoms with E-state index in [1.54, 1.807) is 0 Å². The predicted octanol–water partition coefficient (Wildman–Crippen LogP) is 4.72. The van der Waals surface area contributed by atoms with Crippen molar-refractivity contribution in [2.75, 3.05) is 6.66 Å². The number of pyridine rings is 1. The van der Waals surface area contributed by atoms with E-state index in [2.05, 4.69) is 78.7 Å². The van der Waals surface area contributed by atoms with Gasteiger partial charge in [-0.1, -0.05) is 24.3 Å². The first-order valence-electron chi connectivity index (χ1n) is 8.70. The second-order valence-corrected chi connectivity index (χ2v) is 9.07. The molecule has 4 aromatic rings. The van der Waals surface area contributed by atoms with E-state index in [0.29, 0.717) is 0 Å². The van der Waals surface area contributed by atoms with Crippen LogP contribution in [-0.4, -0.2) is 6.66 Å². The molecule has 1 atom stereocenters. The molecule has 3 heteroatoms. The minimum absolute atomic E-state index is 0.493. The van der Waals surface area contributed by atoms with E-state index in [9.17, 15) is 0 Å². The predicted molar refractivity (Wildman–Crippen MR) is 111 cm³/mol. The van der Waals surface area contributed by atoms with Gasteiger partial charge in [-0.2, -0.15) is 0 Å². The van der Waals surface area contributed by atoms with Crippen molar-refractivity contribution in [3.05, 3.63) is 71.7 Å². The summed E-state index contributed by atoms with van der Waals surface area (Å²) in [5, 5.41) is 7.88. The number of rotatable bonds is 0. The Labute approximate surface area is 154 Å². The lowest BCUT2D eigenvalue weighted by atomic mass is 9.94. The molecule has 0 aliphatic carbocycles. The van der Waals surface area contributed by atoms with Gasteiger partial charge >= 0.3 is 0 Å². The molecule has 0 bridgehead atoms. The summed E-state index contributed by atoms with van der Waals surface area (Å²) in [6.07, 6.45) is 2.12. The highest BCUT2D eigenvalue weighted by atomic mass is 31.1. The second-order valence-electron chi connectivity index (χ2n) is 6.99. The van der Waals surface area contributed by atoms with E-state index >= 15 is 0 Å². The van der Waals surface area contributed by atoms with E-state index in [1.807, 2.05) is 6.07 Å². The van der Waals surface area contributed by atoms with Crippen LogP contribution >= 0.6 is 7.92 Å². The number of aromatic nitrogens is 1. The molecule has 26 heavy (non-hydrogen) atoms. The molecule has 2 heterocycles. The maximum absolute atomic E-state index is 7.48. The van der Waals surface area contributed by atoms with Gasteiger partial charge in [0.25, 0.3) is 0 Å². The highest BCUT2D eigenvalue weighted by Crippen LogP contribution is 2.46. The van der Waals surface area contributed by atoms with Gasteiger partial charge in [0, 0.05) is 6.07 Å². The zero-order chi connectivity index (χ0) is 18.0. The molecule has 0 saturated carbocycles. The molecule has 124 valence electrons. The SMILES string of the molecule is [C-]#[N+]c1cc2c3c([n+](C)ccc3c1)-c1c(cc3ccccc3c1C)P2C. The highest BCUT2D eigenvalue weighted by Gasteiger charge is 2.32. The molecule has 1 aliphatic rings. The van der Waals surface area contributed by atoms with Crippen molar-refractivity contribution in [3.8, 4) is 11.3 Å². The van der Waals surface area contributed by atoms with Gasteiger partial charge in [0.2, 0.25) is 5.69 Å². The maximum atomic E-state index is 7.48. The number of fused-ring (bicyclic) bond motifs is 3. The summed E-state index contributed by atoms with van der Waals surface area (Å²) in [6.45, 7) is 12.1. The fourth-order valence-electron chi connectivity index (χ4n) is 4.30. The highest BCUT2D eigenvalue weighted by molar-refractivity contribution is 7.73. The van der Waals surface area contributed by atoms with Gasteiger partial charge in [0.15, 0.2) is 11.9 Å². The normalized spacial score (nSPS) is 15.1. The Balaban J connectivity index is 2.04. The molecule has 0 radical (unpaired) electrons. The molecule has 0 spiro atoms. The molecule has 5 rings (SSSR count). The molecule has 0 saturated heterocycles. The van der Waals surface area contributed by atoms with Crippen LogP contribution in [0.25, 0.3) is 37.6 Å². The average molecular weight is 353 g/mol. The lowest BCUT2D eigenvalue weighted by Crippen LogP contribution is -2.36. The Kier molecular flexibility index (Phi) is 3.20. The first-order chi connectivity index (χ1) is 12.6. The second kappa shape index (κ2) is 5.37. The minimum Gasteiger partial charge on any atom is -0.238 e.